The van der Waals surface area contributed by atoms with Crippen molar-refractivity contribution in [1.82, 2.24) is 14.9 Å². The van der Waals surface area contributed by atoms with Gasteiger partial charge in [0.05, 0.1) is 12.6 Å². The smallest absolute Gasteiger partial charge is 0.410 e. The highest BCUT2D eigenvalue weighted by atomic mass is 16.6. The fourth-order valence-electron chi connectivity index (χ4n) is 3.22. The normalized spacial score (nSPS) is 17.4. The SMILES string of the molecule is COc1cc2c(NC3CCCN(C(=O)OC(C)(C)C)C3)nc(N)nc2cc1O. The van der Waals surface area contributed by atoms with Gasteiger partial charge in [0.15, 0.2) is 11.5 Å². The Hall–Kier alpha value is -2.97. The molecule has 152 valence electrons. The summed E-state index contributed by atoms with van der Waals surface area (Å²) in [6.45, 7) is 6.70. The number of likely N-dealkylation sites (tertiary alicyclic amines) is 1. The van der Waals surface area contributed by atoms with E-state index >= 15 is 0 Å². The predicted octanol–water partition coefficient (Wildman–Crippen LogP) is 2.74. The van der Waals surface area contributed by atoms with E-state index in [4.69, 9.17) is 15.2 Å². The van der Waals surface area contributed by atoms with Crippen molar-refractivity contribution in [2.24, 2.45) is 0 Å². The topological polar surface area (TPSA) is 123 Å². The summed E-state index contributed by atoms with van der Waals surface area (Å²) in [5.74, 6) is 0.937. The van der Waals surface area contributed by atoms with E-state index in [0.717, 1.165) is 12.8 Å². The number of nitrogens with zero attached hydrogens (tertiary/aromatic N) is 3. The number of aromatic nitrogens is 2. The van der Waals surface area contributed by atoms with Crippen LogP contribution in [0.3, 0.4) is 0 Å². The largest absolute Gasteiger partial charge is 0.504 e. The first-order valence-electron chi connectivity index (χ1n) is 9.25. The minimum atomic E-state index is -0.534. The summed E-state index contributed by atoms with van der Waals surface area (Å²) in [5.41, 5.74) is 5.81. The van der Waals surface area contributed by atoms with Crippen molar-refractivity contribution in [3.63, 3.8) is 0 Å². The third kappa shape index (κ3) is 4.47. The van der Waals surface area contributed by atoms with Gasteiger partial charge in [-0.15, -0.1) is 0 Å². The average Bonchev–Trinajstić information content (AvgIpc) is 2.60. The van der Waals surface area contributed by atoms with Gasteiger partial charge in [-0.2, -0.15) is 4.98 Å². The van der Waals surface area contributed by atoms with Crippen molar-refractivity contribution >= 4 is 28.8 Å². The van der Waals surface area contributed by atoms with E-state index in [2.05, 4.69) is 15.3 Å². The monoisotopic (exact) mass is 389 g/mol. The van der Waals surface area contributed by atoms with Gasteiger partial charge in [-0.25, -0.2) is 9.78 Å². The van der Waals surface area contributed by atoms with Crippen molar-refractivity contribution < 1.29 is 19.4 Å². The number of hydrogen-bond donors (Lipinski definition) is 3. The Morgan fingerprint density at radius 2 is 2.11 bits per heavy atom. The standard InChI is InChI=1S/C19H27N5O4/c1-19(2,3)28-18(26)24-7-5-6-11(10-24)21-16-12-8-15(27-4)14(25)9-13(12)22-17(20)23-16/h8-9,11,25H,5-7,10H2,1-4H3,(H3,20,21,22,23). The van der Waals surface area contributed by atoms with E-state index in [9.17, 15) is 9.90 Å². The minimum absolute atomic E-state index is 0.0152. The second kappa shape index (κ2) is 7.57. The third-order valence-electron chi connectivity index (χ3n) is 4.43. The van der Waals surface area contributed by atoms with Crippen molar-refractivity contribution in [1.29, 1.82) is 0 Å². The third-order valence-corrected chi connectivity index (χ3v) is 4.43. The summed E-state index contributed by atoms with van der Waals surface area (Å²) in [6, 6.07) is 3.14. The summed E-state index contributed by atoms with van der Waals surface area (Å²) < 4.78 is 10.7. The number of benzene rings is 1. The molecule has 0 aliphatic carbocycles. The lowest BCUT2D eigenvalue weighted by Gasteiger charge is -2.34. The molecule has 1 aliphatic heterocycles. The van der Waals surface area contributed by atoms with E-state index in [-0.39, 0.29) is 23.8 Å². The molecule has 1 aromatic heterocycles. The van der Waals surface area contributed by atoms with Gasteiger partial charge in [0.25, 0.3) is 0 Å². The number of anilines is 2. The number of nitrogens with one attached hydrogen (secondary N) is 1. The minimum Gasteiger partial charge on any atom is -0.504 e. The van der Waals surface area contributed by atoms with Crippen LogP contribution in [0.2, 0.25) is 0 Å². The molecule has 0 spiro atoms. The number of aromatic hydroxyl groups is 1. The van der Waals surface area contributed by atoms with Gasteiger partial charge in [-0.3, -0.25) is 0 Å². The van der Waals surface area contributed by atoms with Gasteiger partial charge in [0, 0.05) is 30.6 Å². The molecular weight excluding hydrogens is 362 g/mol. The number of nitrogen functional groups attached to an aromatic ring is 1. The number of carbonyl (C=O) groups excluding carboxylic acids is 1. The fraction of sp³-hybridized carbons (Fsp3) is 0.526. The zero-order valence-corrected chi connectivity index (χ0v) is 16.7. The van der Waals surface area contributed by atoms with Gasteiger partial charge in [0.2, 0.25) is 5.95 Å². The van der Waals surface area contributed by atoms with Gasteiger partial charge in [-0.1, -0.05) is 0 Å². The molecule has 1 amide bonds. The van der Waals surface area contributed by atoms with Crippen LogP contribution in [0.15, 0.2) is 12.1 Å². The Bertz CT molecular complexity index is 881. The van der Waals surface area contributed by atoms with Crippen LogP contribution in [0.5, 0.6) is 11.5 Å². The van der Waals surface area contributed by atoms with Crippen LogP contribution in [0, 0.1) is 0 Å². The van der Waals surface area contributed by atoms with E-state index in [1.54, 1.807) is 11.0 Å². The summed E-state index contributed by atoms with van der Waals surface area (Å²) in [6.07, 6.45) is 1.40. The quantitative estimate of drug-likeness (QED) is 0.732. The van der Waals surface area contributed by atoms with Crippen LogP contribution >= 0.6 is 0 Å². The molecule has 0 saturated carbocycles. The zero-order chi connectivity index (χ0) is 20.5. The molecule has 9 nitrogen and oxygen atoms in total. The molecule has 2 heterocycles. The van der Waals surface area contributed by atoms with E-state index < -0.39 is 5.60 Å². The van der Waals surface area contributed by atoms with Gasteiger partial charge in [-0.05, 0) is 39.7 Å². The first kappa shape index (κ1) is 19.8. The number of phenolic OH excluding ortho intramolecular Hbond substituents is 1. The summed E-state index contributed by atoms with van der Waals surface area (Å²) >= 11 is 0. The molecule has 1 unspecified atom stereocenters. The average molecular weight is 389 g/mol. The molecule has 0 bridgehead atoms. The Balaban J connectivity index is 1.82. The first-order valence-corrected chi connectivity index (χ1v) is 9.25. The lowest BCUT2D eigenvalue weighted by molar-refractivity contribution is 0.0206. The maximum atomic E-state index is 12.4. The molecule has 9 heteroatoms. The number of methoxy groups -OCH3 is 1. The molecule has 1 aliphatic rings. The van der Waals surface area contributed by atoms with Crippen molar-refractivity contribution in [3.05, 3.63) is 12.1 Å². The number of amides is 1. The number of hydrogen-bond acceptors (Lipinski definition) is 8. The van der Waals surface area contributed by atoms with Gasteiger partial charge < -0.3 is 30.5 Å². The lowest BCUT2D eigenvalue weighted by atomic mass is 10.1. The molecule has 0 radical (unpaired) electrons. The highest BCUT2D eigenvalue weighted by Crippen LogP contribution is 2.34. The van der Waals surface area contributed by atoms with Gasteiger partial charge in [0.1, 0.15) is 11.4 Å². The number of carbonyl (C=O) groups is 1. The molecule has 1 atom stereocenters. The van der Waals surface area contributed by atoms with Crippen molar-refractivity contribution in [3.8, 4) is 11.5 Å². The van der Waals surface area contributed by atoms with E-state index in [1.807, 2.05) is 20.8 Å². The molecule has 1 aromatic carbocycles. The van der Waals surface area contributed by atoms with Crippen LogP contribution < -0.4 is 15.8 Å². The number of phenols is 1. The Morgan fingerprint density at radius 1 is 1.36 bits per heavy atom. The summed E-state index contributed by atoms with van der Waals surface area (Å²) in [4.78, 5) is 22.6. The molecule has 1 fully saturated rings. The number of rotatable bonds is 3. The molecule has 3 rings (SSSR count). The first-order chi connectivity index (χ1) is 13.2. The molecular formula is C19H27N5O4. The Morgan fingerprint density at radius 3 is 2.79 bits per heavy atom. The van der Waals surface area contributed by atoms with Crippen molar-refractivity contribution in [2.75, 3.05) is 31.2 Å². The predicted molar refractivity (Wildman–Crippen MR) is 107 cm³/mol. The van der Waals surface area contributed by atoms with Crippen LogP contribution in [0.4, 0.5) is 16.6 Å². The maximum absolute atomic E-state index is 12.4. The molecule has 28 heavy (non-hydrogen) atoms. The number of fused-ring (bicyclic) bond motifs is 1. The van der Waals surface area contributed by atoms with Crippen LogP contribution in [-0.2, 0) is 4.74 Å². The molecule has 4 N–H and O–H groups in total. The van der Waals surface area contributed by atoms with Crippen LogP contribution in [0.25, 0.3) is 10.9 Å². The lowest BCUT2D eigenvalue weighted by Crippen LogP contribution is -2.47. The maximum Gasteiger partial charge on any atom is 0.410 e. The fourth-order valence-corrected chi connectivity index (χ4v) is 3.22. The second-order valence-electron chi connectivity index (χ2n) is 7.88. The summed E-state index contributed by atoms with van der Waals surface area (Å²) in [7, 11) is 1.48. The van der Waals surface area contributed by atoms with E-state index in [0.29, 0.717) is 35.6 Å². The summed E-state index contributed by atoms with van der Waals surface area (Å²) in [5, 5.41) is 14.0. The number of piperidine rings is 1. The highest BCUT2D eigenvalue weighted by Gasteiger charge is 2.28. The molecule has 1 saturated heterocycles. The number of nitrogens with two attached hydrogens (primary N) is 1. The van der Waals surface area contributed by atoms with Crippen LogP contribution in [-0.4, -0.2) is 57.9 Å². The van der Waals surface area contributed by atoms with Crippen LogP contribution in [0.1, 0.15) is 33.6 Å². The second-order valence-corrected chi connectivity index (χ2v) is 7.88. The molecule has 2 aromatic rings. The van der Waals surface area contributed by atoms with Gasteiger partial charge >= 0.3 is 6.09 Å². The number of ether oxygens (including phenoxy) is 2. The Labute approximate surface area is 163 Å². The zero-order valence-electron chi connectivity index (χ0n) is 16.7. The van der Waals surface area contributed by atoms with E-state index in [1.165, 1.54) is 13.2 Å². The highest BCUT2D eigenvalue weighted by molar-refractivity contribution is 5.92. The van der Waals surface area contributed by atoms with Crippen molar-refractivity contribution in [2.45, 2.75) is 45.3 Å². The Kier molecular flexibility index (Phi) is 5.35.